The van der Waals surface area contributed by atoms with Crippen molar-refractivity contribution >= 4 is 17.5 Å². The zero-order valence-electron chi connectivity index (χ0n) is 17.7. The number of halogens is 1. The highest BCUT2D eigenvalue weighted by Crippen LogP contribution is 2.34. The van der Waals surface area contributed by atoms with Crippen molar-refractivity contribution in [3.05, 3.63) is 76.3 Å². The van der Waals surface area contributed by atoms with Crippen LogP contribution in [0.15, 0.2) is 53.3 Å². The van der Waals surface area contributed by atoms with E-state index >= 15 is 0 Å². The lowest BCUT2D eigenvalue weighted by molar-refractivity contribution is 0.0728. The van der Waals surface area contributed by atoms with Gasteiger partial charge in [0.05, 0.1) is 29.7 Å². The molecular formula is C23H21ClN6O2. The number of nitrogens with zero attached hydrogens (tertiary/aromatic N) is 6. The summed E-state index contributed by atoms with van der Waals surface area (Å²) in [7, 11) is 0. The van der Waals surface area contributed by atoms with Crippen LogP contribution in [-0.4, -0.2) is 42.5 Å². The maximum Gasteiger partial charge on any atom is 0.258 e. The van der Waals surface area contributed by atoms with E-state index in [-0.39, 0.29) is 11.9 Å². The largest absolute Gasteiger partial charge is 0.334 e. The molecule has 2 aromatic heterocycles. The van der Waals surface area contributed by atoms with Crippen LogP contribution in [0.4, 0.5) is 0 Å². The molecule has 5 rings (SSSR count). The van der Waals surface area contributed by atoms with Crippen LogP contribution in [0.5, 0.6) is 0 Å². The summed E-state index contributed by atoms with van der Waals surface area (Å²) >= 11 is 6.18. The summed E-state index contributed by atoms with van der Waals surface area (Å²) in [4.78, 5) is 21.4. The second-order valence-corrected chi connectivity index (χ2v) is 8.28. The highest BCUT2D eigenvalue weighted by molar-refractivity contribution is 6.31. The van der Waals surface area contributed by atoms with E-state index in [1.165, 1.54) is 4.80 Å². The minimum Gasteiger partial charge on any atom is -0.334 e. The Kier molecular flexibility index (Phi) is 5.22. The summed E-state index contributed by atoms with van der Waals surface area (Å²) < 4.78 is 5.59. The van der Waals surface area contributed by atoms with Gasteiger partial charge in [0.1, 0.15) is 0 Å². The molecule has 9 heteroatoms. The number of hydrogen-bond acceptors (Lipinski definition) is 6. The second-order valence-electron chi connectivity index (χ2n) is 7.84. The van der Waals surface area contributed by atoms with Crippen molar-refractivity contribution in [3.8, 4) is 17.1 Å². The van der Waals surface area contributed by atoms with E-state index < -0.39 is 0 Å². The molecule has 2 aromatic carbocycles. The first-order chi connectivity index (χ1) is 15.5. The van der Waals surface area contributed by atoms with Crippen molar-refractivity contribution in [1.29, 1.82) is 0 Å². The molecule has 1 atom stereocenters. The lowest BCUT2D eigenvalue weighted by Crippen LogP contribution is -2.32. The molecule has 1 unspecified atom stereocenters. The number of likely N-dealkylation sites (tertiary alicyclic amines) is 1. The third-order valence-electron chi connectivity index (χ3n) is 5.91. The SMILES string of the molecule is Cc1cccc(-c2nc(C3CCCN3C(=O)c3ccc(Cl)cc3-n3nccn3)no2)c1C. The molecule has 0 radical (unpaired) electrons. The Labute approximate surface area is 189 Å². The molecule has 32 heavy (non-hydrogen) atoms. The molecule has 4 aromatic rings. The number of carbonyl (C=O) groups is 1. The van der Waals surface area contributed by atoms with Gasteiger partial charge in [-0.05, 0) is 62.1 Å². The second kappa shape index (κ2) is 8.20. The highest BCUT2D eigenvalue weighted by Gasteiger charge is 2.35. The van der Waals surface area contributed by atoms with Crippen molar-refractivity contribution in [2.24, 2.45) is 0 Å². The van der Waals surface area contributed by atoms with Gasteiger partial charge in [0.15, 0.2) is 5.82 Å². The zero-order valence-corrected chi connectivity index (χ0v) is 18.5. The summed E-state index contributed by atoms with van der Waals surface area (Å²) in [5.41, 5.74) is 4.16. The van der Waals surface area contributed by atoms with Gasteiger partial charge in [-0.25, -0.2) is 0 Å². The quantitative estimate of drug-likeness (QED) is 0.454. The van der Waals surface area contributed by atoms with Gasteiger partial charge in [0.2, 0.25) is 0 Å². The van der Waals surface area contributed by atoms with Gasteiger partial charge in [-0.2, -0.15) is 20.0 Å². The topological polar surface area (TPSA) is 89.9 Å². The Bertz CT molecular complexity index is 1280. The lowest BCUT2D eigenvalue weighted by Gasteiger charge is -2.23. The summed E-state index contributed by atoms with van der Waals surface area (Å²) in [6, 6.07) is 10.8. The standard InChI is InChI=1S/C23H21ClN6O2/c1-14-5-3-6-17(15(14)2)22-27-21(28-32-22)19-7-4-12-29(19)23(31)18-9-8-16(24)13-20(18)30-25-10-11-26-30/h3,5-6,8-11,13,19H,4,7,12H2,1-2H3. The summed E-state index contributed by atoms with van der Waals surface area (Å²) in [5, 5.41) is 13.1. The first-order valence-electron chi connectivity index (χ1n) is 10.4. The third kappa shape index (κ3) is 3.56. The molecule has 8 nitrogen and oxygen atoms in total. The van der Waals surface area contributed by atoms with E-state index in [1.54, 1.807) is 35.5 Å². The molecule has 162 valence electrons. The number of aromatic nitrogens is 5. The molecule has 0 saturated carbocycles. The Morgan fingerprint density at radius 3 is 2.78 bits per heavy atom. The van der Waals surface area contributed by atoms with Gasteiger partial charge < -0.3 is 9.42 Å². The van der Waals surface area contributed by atoms with E-state index in [0.29, 0.717) is 34.5 Å². The van der Waals surface area contributed by atoms with E-state index in [1.807, 2.05) is 32.0 Å². The van der Waals surface area contributed by atoms with Gasteiger partial charge in [-0.1, -0.05) is 28.9 Å². The van der Waals surface area contributed by atoms with E-state index in [9.17, 15) is 4.79 Å². The van der Waals surface area contributed by atoms with E-state index in [0.717, 1.165) is 29.5 Å². The van der Waals surface area contributed by atoms with Crippen molar-refractivity contribution in [2.45, 2.75) is 32.7 Å². The zero-order chi connectivity index (χ0) is 22.2. The molecule has 1 aliphatic heterocycles. The molecule has 0 spiro atoms. The third-order valence-corrected chi connectivity index (χ3v) is 6.15. The first-order valence-corrected chi connectivity index (χ1v) is 10.8. The average molecular weight is 449 g/mol. The van der Waals surface area contributed by atoms with E-state index in [2.05, 4.69) is 20.3 Å². The molecule has 1 saturated heterocycles. The van der Waals surface area contributed by atoms with Crippen LogP contribution in [0.3, 0.4) is 0 Å². The van der Waals surface area contributed by atoms with Crippen LogP contribution in [0.2, 0.25) is 5.02 Å². The van der Waals surface area contributed by atoms with Gasteiger partial charge in [-0.3, -0.25) is 4.79 Å². The van der Waals surface area contributed by atoms with Crippen molar-refractivity contribution < 1.29 is 9.32 Å². The maximum atomic E-state index is 13.6. The van der Waals surface area contributed by atoms with Gasteiger partial charge in [-0.15, -0.1) is 0 Å². The molecular weight excluding hydrogens is 428 g/mol. The van der Waals surface area contributed by atoms with Crippen LogP contribution >= 0.6 is 11.6 Å². The van der Waals surface area contributed by atoms with Gasteiger partial charge in [0.25, 0.3) is 11.8 Å². The van der Waals surface area contributed by atoms with Crippen LogP contribution in [0.25, 0.3) is 17.1 Å². The normalized spacial score (nSPS) is 16.0. The summed E-state index contributed by atoms with van der Waals surface area (Å²) in [6.45, 7) is 4.68. The van der Waals surface area contributed by atoms with E-state index in [4.69, 9.17) is 16.1 Å². The fourth-order valence-corrected chi connectivity index (χ4v) is 4.25. The fraction of sp³-hybridized carbons (Fsp3) is 0.261. The summed E-state index contributed by atoms with van der Waals surface area (Å²) in [6.07, 6.45) is 4.73. The first kappa shape index (κ1) is 20.4. The van der Waals surface area contributed by atoms with Crippen molar-refractivity contribution in [1.82, 2.24) is 30.0 Å². The molecule has 0 aliphatic carbocycles. The Balaban J connectivity index is 1.47. The minimum absolute atomic E-state index is 0.144. The predicted molar refractivity (Wildman–Crippen MR) is 119 cm³/mol. The number of carbonyl (C=O) groups excluding carboxylic acids is 1. The number of hydrogen-bond donors (Lipinski definition) is 0. The lowest BCUT2D eigenvalue weighted by atomic mass is 10.0. The summed E-state index contributed by atoms with van der Waals surface area (Å²) in [5.74, 6) is 0.836. The minimum atomic E-state index is -0.265. The number of rotatable bonds is 4. The predicted octanol–water partition coefficient (Wildman–Crippen LogP) is 4.56. The maximum absolute atomic E-state index is 13.6. The number of amides is 1. The van der Waals surface area contributed by atoms with Gasteiger partial charge >= 0.3 is 0 Å². The molecule has 0 N–H and O–H groups in total. The molecule has 1 amide bonds. The van der Waals surface area contributed by atoms with Crippen LogP contribution < -0.4 is 0 Å². The monoisotopic (exact) mass is 448 g/mol. The Morgan fingerprint density at radius 1 is 1.16 bits per heavy atom. The Morgan fingerprint density at radius 2 is 1.97 bits per heavy atom. The smallest absolute Gasteiger partial charge is 0.258 e. The van der Waals surface area contributed by atoms with Gasteiger partial charge in [0, 0.05) is 17.1 Å². The van der Waals surface area contributed by atoms with Crippen molar-refractivity contribution in [3.63, 3.8) is 0 Å². The van der Waals surface area contributed by atoms with Crippen molar-refractivity contribution in [2.75, 3.05) is 6.54 Å². The van der Waals surface area contributed by atoms with Crippen LogP contribution in [0.1, 0.15) is 46.2 Å². The molecule has 3 heterocycles. The molecule has 1 fully saturated rings. The van der Waals surface area contributed by atoms with Crippen LogP contribution in [0, 0.1) is 13.8 Å². The highest BCUT2D eigenvalue weighted by atomic mass is 35.5. The molecule has 0 bridgehead atoms. The Hall–Kier alpha value is -3.52. The van der Waals surface area contributed by atoms with Crippen LogP contribution in [-0.2, 0) is 0 Å². The number of benzene rings is 2. The number of aryl methyl sites for hydroxylation is 1. The molecule has 1 aliphatic rings. The fourth-order valence-electron chi connectivity index (χ4n) is 4.09. The average Bonchev–Trinajstić information content (AvgIpc) is 3.55.